The Morgan fingerprint density at radius 1 is 1.67 bits per heavy atom. The second-order valence-corrected chi connectivity index (χ2v) is 3.75. The van der Waals surface area contributed by atoms with Crippen LogP contribution in [0.5, 0.6) is 0 Å². The van der Waals surface area contributed by atoms with Crippen LogP contribution in [0.1, 0.15) is 30.3 Å². The number of hydrogen-bond acceptors (Lipinski definition) is 3. The van der Waals surface area contributed by atoms with Crippen molar-refractivity contribution in [3.05, 3.63) is 16.9 Å². The Bertz CT molecular complexity index is 335. The van der Waals surface area contributed by atoms with E-state index in [-0.39, 0.29) is 5.78 Å². The molecule has 0 aromatic carbocycles. The molecule has 0 amide bonds. The van der Waals surface area contributed by atoms with Crippen molar-refractivity contribution >= 4 is 17.4 Å². The quantitative estimate of drug-likeness (QED) is 0.756. The highest BCUT2D eigenvalue weighted by Crippen LogP contribution is 2.17. The summed E-state index contributed by atoms with van der Waals surface area (Å²) in [6.45, 7) is 3.43. The van der Waals surface area contributed by atoms with Gasteiger partial charge in [-0.3, -0.25) is 9.48 Å². The Kier molecular flexibility index (Phi) is 4.78. The Labute approximate surface area is 94.6 Å². The van der Waals surface area contributed by atoms with Gasteiger partial charge in [0.2, 0.25) is 0 Å². The van der Waals surface area contributed by atoms with Crippen LogP contribution in [0.4, 0.5) is 0 Å². The molecule has 0 bridgehead atoms. The van der Waals surface area contributed by atoms with E-state index < -0.39 is 0 Å². The van der Waals surface area contributed by atoms with E-state index in [0.29, 0.717) is 23.7 Å². The van der Waals surface area contributed by atoms with Gasteiger partial charge in [-0.1, -0.05) is 18.5 Å². The lowest BCUT2D eigenvalue weighted by atomic mass is 10.2. The molecule has 0 atom stereocenters. The van der Waals surface area contributed by atoms with Crippen molar-refractivity contribution in [3.63, 3.8) is 0 Å². The lowest BCUT2D eigenvalue weighted by Gasteiger charge is -2.05. The van der Waals surface area contributed by atoms with E-state index in [9.17, 15) is 4.79 Å². The fourth-order valence-electron chi connectivity index (χ4n) is 1.38. The second-order valence-electron chi connectivity index (χ2n) is 3.34. The van der Waals surface area contributed by atoms with Gasteiger partial charge in [-0.15, -0.1) is 0 Å². The lowest BCUT2D eigenvalue weighted by Crippen LogP contribution is -2.16. The molecule has 1 aromatic rings. The predicted octanol–water partition coefficient (Wildman–Crippen LogP) is 1.74. The van der Waals surface area contributed by atoms with Crippen LogP contribution in [0.15, 0.2) is 6.20 Å². The topological polar surface area (TPSA) is 46.9 Å². The summed E-state index contributed by atoms with van der Waals surface area (Å²) >= 11 is 5.93. The van der Waals surface area contributed by atoms with Crippen LogP contribution in [-0.2, 0) is 6.54 Å². The molecule has 1 heterocycles. The maximum Gasteiger partial charge on any atom is 0.183 e. The van der Waals surface area contributed by atoms with Gasteiger partial charge in [-0.05, 0) is 13.5 Å². The van der Waals surface area contributed by atoms with Crippen molar-refractivity contribution in [2.75, 3.05) is 13.6 Å². The van der Waals surface area contributed by atoms with Crippen molar-refractivity contribution in [1.82, 2.24) is 15.1 Å². The third-order valence-electron chi connectivity index (χ3n) is 2.10. The molecule has 5 heteroatoms. The molecular weight excluding hydrogens is 214 g/mol. The molecule has 0 spiro atoms. The Hall–Kier alpha value is -0.870. The Morgan fingerprint density at radius 2 is 2.40 bits per heavy atom. The third kappa shape index (κ3) is 3.04. The van der Waals surface area contributed by atoms with Crippen molar-refractivity contribution in [3.8, 4) is 0 Å². The van der Waals surface area contributed by atoms with E-state index in [2.05, 4.69) is 10.4 Å². The number of nitrogens with zero attached hydrogens (tertiary/aromatic N) is 2. The molecular formula is C10H16ClN3O. The standard InChI is InChI=1S/C10H16ClN3O/c1-3-6-14-10(8(11)7-13-14)9(15)4-5-12-2/h7,12H,3-6H2,1-2H3. The first-order valence-corrected chi connectivity index (χ1v) is 5.47. The molecule has 0 saturated carbocycles. The molecule has 84 valence electrons. The number of hydrogen-bond donors (Lipinski definition) is 1. The first-order chi connectivity index (χ1) is 7.20. The molecule has 4 nitrogen and oxygen atoms in total. The first-order valence-electron chi connectivity index (χ1n) is 5.09. The zero-order valence-corrected chi connectivity index (χ0v) is 9.84. The van der Waals surface area contributed by atoms with E-state index >= 15 is 0 Å². The number of ketones is 1. The maximum absolute atomic E-state index is 11.8. The van der Waals surface area contributed by atoms with Crippen LogP contribution in [0, 0.1) is 0 Å². The highest BCUT2D eigenvalue weighted by atomic mass is 35.5. The minimum atomic E-state index is 0.0419. The normalized spacial score (nSPS) is 10.6. The third-order valence-corrected chi connectivity index (χ3v) is 2.37. The molecule has 0 radical (unpaired) electrons. The van der Waals surface area contributed by atoms with Gasteiger partial charge < -0.3 is 5.32 Å². The molecule has 0 saturated heterocycles. The van der Waals surface area contributed by atoms with Crippen molar-refractivity contribution in [2.45, 2.75) is 26.3 Å². The van der Waals surface area contributed by atoms with Crippen LogP contribution in [0.3, 0.4) is 0 Å². The number of Topliss-reactive ketones (excluding diaryl/α,β-unsaturated/α-hetero) is 1. The molecule has 0 aliphatic rings. The smallest absolute Gasteiger partial charge is 0.183 e. The molecule has 0 fully saturated rings. The Balaban J connectivity index is 2.80. The van der Waals surface area contributed by atoms with Gasteiger partial charge in [0.15, 0.2) is 5.78 Å². The van der Waals surface area contributed by atoms with Crippen LogP contribution in [0.25, 0.3) is 0 Å². The summed E-state index contributed by atoms with van der Waals surface area (Å²) in [5.41, 5.74) is 0.536. The summed E-state index contributed by atoms with van der Waals surface area (Å²) in [7, 11) is 1.82. The van der Waals surface area contributed by atoms with Crippen molar-refractivity contribution < 1.29 is 4.79 Å². The SMILES string of the molecule is CCCn1ncc(Cl)c1C(=O)CCNC. The number of nitrogens with one attached hydrogen (secondary N) is 1. The van der Waals surface area contributed by atoms with Gasteiger partial charge in [-0.2, -0.15) is 5.10 Å². The fourth-order valence-corrected chi connectivity index (χ4v) is 1.62. The lowest BCUT2D eigenvalue weighted by molar-refractivity contribution is 0.0972. The largest absolute Gasteiger partial charge is 0.319 e. The van der Waals surface area contributed by atoms with Crippen LogP contribution < -0.4 is 5.32 Å². The molecule has 0 unspecified atom stereocenters. The molecule has 0 aliphatic carbocycles. The summed E-state index contributed by atoms with van der Waals surface area (Å²) < 4.78 is 1.68. The summed E-state index contributed by atoms with van der Waals surface area (Å²) in [6.07, 6.45) is 2.92. The van der Waals surface area contributed by atoms with Gasteiger partial charge in [-0.25, -0.2) is 0 Å². The monoisotopic (exact) mass is 229 g/mol. The fraction of sp³-hybridized carbons (Fsp3) is 0.600. The number of aryl methyl sites for hydroxylation is 1. The summed E-state index contributed by atoms with van der Waals surface area (Å²) in [5, 5.41) is 7.46. The van der Waals surface area contributed by atoms with E-state index in [0.717, 1.165) is 13.0 Å². The molecule has 15 heavy (non-hydrogen) atoms. The maximum atomic E-state index is 11.8. The number of halogens is 1. The average molecular weight is 230 g/mol. The molecule has 0 aliphatic heterocycles. The molecule has 1 rings (SSSR count). The van der Waals surface area contributed by atoms with Gasteiger partial charge in [0, 0.05) is 19.5 Å². The zero-order valence-electron chi connectivity index (χ0n) is 9.09. The van der Waals surface area contributed by atoms with Gasteiger partial charge in [0.05, 0.1) is 11.2 Å². The Morgan fingerprint density at radius 3 is 3.00 bits per heavy atom. The van der Waals surface area contributed by atoms with E-state index in [1.807, 2.05) is 14.0 Å². The second kappa shape index (κ2) is 5.88. The minimum Gasteiger partial charge on any atom is -0.319 e. The minimum absolute atomic E-state index is 0.0419. The van der Waals surface area contributed by atoms with Gasteiger partial charge in [0.25, 0.3) is 0 Å². The number of carbonyl (C=O) groups is 1. The first kappa shape index (κ1) is 12.2. The summed E-state index contributed by atoms with van der Waals surface area (Å²) in [6, 6.07) is 0. The van der Waals surface area contributed by atoms with Gasteiger partial charge >= 0.3 is 0 Å². The highest BCUT2D eigenvalue weighted by molar-refractivity contribution is 6.33. The van der Waals surface area contributed by atoms with Crippen LogP contribution in [-0.4, -0.2) is 29.2 Å². The van der Waals surface area contributed by atoms with Crippen LogP contribution in [0.2, 0.25) is 5.02 Å². The number of rotatable bonds is 6. The van der Waals surface area contributed by atoms with E-state index in [4.69, 9.17) is 11.6 Å². The molecule has 1 aromatic heterocycles. The predicted molar refractivity (Wildman–Crippen MR) is 60.4 cm³/mol. The van der Waals surface area contributed by atoms with Gasteiger partial charge in [0.1, 0.15) is 5.69 Å². The molecule has 1 N–H and O–H groups in total. The highest BCUT2D eigenvalue weighted by Gasteiger charge is 2.16. The van der Waals surface area contributed by atoms with E-state index in [1.54, 1.807) is 4.68 Å². The zero-order chi connectivity index (χ0) is 11.3. The average Bonchev–Trinajstić information content (AvgIpc) is 2.57. The number of carbonyl (C=O) groups excluding carboxylic acids is 1. The van der Waals surface area contributed by atoms with Crippen molar-refractivity contribution in [2.24, 2.45) is 0 Å². The van der Waals surface area contributed by atoms with Crippen molar-refractivity contribution in [1.29, 1.82) is 0 Å². The van der Waals surface area contributed by atoms with Crippen LogP contribution >= 0.6 is 11.6 Å². The van der Waals surface area contributed by atoms with E-state index in [1.165, 1.54) is 6.20 Å². The summed E-state index contributed by atoms with van der Waals surface area (Å²) in [5.74, 6) is 0.0419. The summed E-state index contributed by atoms with van der Waals surface area (Å²) in [4.78, 5) is 11.8. The number of aromatic nitrogens is 2.